The number of hydrogen-bond donors (Lipinski definition) is 0. The fourth-order valence-corrected chi connectivity index (χ4v) is 2.70. The third-order valence-electron chi connectivity index (χ3n) is 3.58. The molecule has 0 aliphatic carbocycles. The van der Waals surface area contributed by atoms with Crippen molar-refractivity contribution in [2.45, 2.75) is 52.1 Å². The summed E-state index contributed by atoms with van der Waals surface area (Å²) < 4.78 is 0. The first-order valence-corrected chi connectivity index (χ1v) is 6.32. The van der Waals surface area contributed by atoms with E-state index in [1.807, 2.05) is 0 Å². The molecule has 1 aromatic carbocycles. The molecular formula is C15H23N. The highest BCUT2D eigenvalue weighted by Crippen LogP contribution is 2.37. The van der Waals surface area contributed by atoms with Gasteiger partial charge < -0.3 is 0 Å². The molecule has 16 heavy (non-hydrogen) atoms. The number of hydrogen-bond acceptors (Lipinski definition) is 1. The Bertz CT molecular complexity index is 345. The lowest BCUT2D eigenvalue weighted by Gasteiger charge is -2.37. The molecule has 2 rings (SSSR count). The SMILES string of the molecule is Cc1ccc([C@H]2CCCN2C(C)(C)C)cc1. The average Bonchev–Trinajstić information content (AvgIpc) is 2.66. The van der Waals surface area contributed by atoms with Crippen LogP contribution in [-0.4, -0.2) is 17.0 Å². The van der Waals surface area contributed by atoms with Crippen molar-refractivity contribution < 1.29 is 0 Å². The molecule has 1 aromatic rings. The summed E-state index contributed by atoms with van der Waals surface area (Å²) in [7, 11) is 0. The van der Waals surface area contributed by atoms with E-state index in [1.54, 1.807) is 0 Å². The van der Waals surface area contributed by atoms with Gasteiger partial charge in [0.15, 0.2) is 0 Å². The van der Waals surface area contributed by atoms with E-state index in [4.69, 9.17) is 0 Å². The molecular weight excluding hydrogens is 194 g/mol. The molecule has 0 radical (unpaired) electrons. The van der Waals surface area contributed by atoms with Crippen LogP contribution < -0.4 is 0 Å². The van der Waals surface area contributed by atoms with Gasteiger partial charge in [-0.2, -0.15) is 0 Å². The highest BCUT2D eigenvalue weighted by atomic mass is 15.2. The van der Waals surface area contributed by atoms with Gasteiger partial charge in [0.1, 0.15) is 0 Å². The molecule has 1 aliphatic rings. The maximum atomic E-state index is 2.64. The summed E-state index contributed by atoms with van der Waals surface area (Å²) in [5, 5.41) is 0. The summed E-state index contributed by atoms with van der Waals surface area (Å²) in [6.45, 7) is 10.3. The second kappa shape index (κ2) is 4.21. The third kappa shape index (κ3) is 2.30. The summed E-state index contributed by atoms with van der Waals surface area (Å²) in [6.07, 6.45) is 2.64. The van der Waals surface area contributed by atoms with Gasteiger partial charge in [-0.1, -0.05) is 29.8 Å². The molecule has 1 heteroatoms. The average molecular weight is 217 g/mol. The molecule has 0 N–H and O–H groups in total. The van der Waals surface area contributed by atoms with Crippen LogP contribution in [0, 0.1) is 6.92 Å². The van der Waals surface area contributed by atoms with Crippen LogP contribution in [0.2, 0.25) is 0 Å². The summed E-state index contributed by atoms with van der Waals surface area (Å²) >= 11 is 0. The fraction of sp³-hybridized carbons (Fsp3) is 0.600. The molecule has 1 nitrogen and oxygen atoms in total. The van der Waals surface area contributed by atoms with Gasteiger partial charge in [-0.3, -0.25) is 4.90 Å². The van der Waals surface area contributed by atoms with Gasteiger partial charge in [0, 0.05) is 11.6 Å². The van der Waals surface area contributed by atoms with E-state index in [2.05, 4.69) is 56.9 Å². The summed E-state index contributed by atoms with van der Waals surface area (Å²) in [4.78, 5) is 2.64. The molecule has 1 aliphatic heterocycles. The summed E-state index contributed by atoms with van der Waals surface area (Å²) in [5.41, 5.74) is 3.12. The second-order valence-corrected chi connectivity index (χ2v) is 5.93. The molecule has 1 saturated heterocycles. The molecule has 1 fully saturated rings. The van der Waals surface area contributed by atoms with Crippen LogP contribution in [0.25, 0.3) is 0 Å². The largest absolute Gasteiger partial charge is 0.291 e. The maximum Gasteiger partial charge on any atom is 0.0353 e. The zero-order valence-electron chi connectivity index (χ0n) is 11.0. The molecule has 88 valence electrons. The number of aryl methyl sites for hydroxylation is 1. The Kier molecular flexibility index (Phi) is 3.07. The van der Waals surface area contributed by atoms with Crippen molar-refractivity contribution in [3.63, 3.8) is 0 Å². The van der Waals surface area contributed by atoms with Gasteiger partial charge in [-0.05, 0) is 52.6 Å². The van der Waals surface area contributed by atoms with Crippen molar-refractivity contribution in [3.05, 3.63) is 35.4 Å². The number of rotatable bonds is 1. The quantitative estimate of drug-likeness (QED) is 0.689. The molecule has 0 saturated carbocycles. The van der Waals surface area contributed by atoms with Gasteiger partial charge in [-0.15, -0.1) is 0 Å². The van der Waals surface area contributed by atoms with Crippen LogP contribution in [-0.2, 0) is 0 Å². The van der Waals surface area contributed by atoms with Crippen LogP contribution in [0.15, 0.2) is 24.3 Å². The van der Waals surface area contributed by atoms with Crippen LogP contribution in [0.5, 0.6) is 0 Å². The Morgan fingerprint density at radius 1 is 1.12 bits per heavy atom. The van der Waals surface area contributed by atoms with Gasteiger partial charge >= 0.3 is 0 Å². The van der Waals surface area contributed by atoms with E-state index in [1.165, 1.54) is 30.5 Å². The van der Waals surface area contributed by atoms with E-state index in [-0.39, 0.29) is 5.54 Å². The summed E-state index contributed by atoms with van der Waals surface area (Å²) in [6, 6.07) is 9.68. The summed E-state index contributed by atoms with van der Waals surface area (Å²) in [5.74, 6) is 0. The Labute approximate surface area is 99.5 Å². The zero-order valence-corrected chi connectivity index (χ0v) is 11.0. The van der Waals surface area contributed by atoms with Crippen molar-refractivity contribution >= 4 is 0 Å². The highest BCUT2D eigenvalue weighted by molar-refractivity contribution is 5.25. The van der Waals surface area contributed by atoms with Gasteiger partial charge in [0.25, 0.3) is 0 Å². The van der Waals surface area contributed by atoms with Gasteiger partial charge in [-0.25, -0.2) is 0 Å². The number of benzene rings is 1. The molecule has 1 atom stereocenters. The molecule has 0 amide bonds. The lowest BCUT2D eigenvalue weighted by Crippen LogP contribution is -2.40. The van der Waals surface area contributed by atoms with Gasteiger partial charge in [0.05, 0.1) is 0 Å². The fourth-order valence-electron chi connectivity index (χ4n) is 2.70. The standard InChI is InChI=1S/C15H23N/c1-12-7-9-13(10-8-12)14-6-5-11-16(14)15(2,3)4/h7-10,14H,5-6,11H2,1-4H3/t14-/m1/s1. The molecule has 1 heterocycles. The molecule has 0 aromatic heterocycles. The Balaban J connectivity index is 2.23. The zero-order chi connectivity index (χ0) is 11.8. The number of likely N-dealkylation sites (tertiary alicyclic amines) is 1. The molecule has 0 unspecified atom stereocenters. The van der Waals surface area contributed by atoms with Crippen molar-refractivity contribution in [2.75, 3.05) is 6.54 Å². The molecule has 0 bridgehead atoms. The minimum atomic E-state index is 0.284. The Morgan fingerprint density at radius 3 is 2.31 bits per heavy atom. The minimum absolute atomic E-state index is 0.284. The smallest absolute Gasteiger partial charge is 0.0353 e. The van der Waals surface area contributed by atoms with E-state index in [9.17, 15) is 0 Å². The first kappa shape index (κ1) is 11.7. The van der Waals surface area contributed by atoms with Crippen LogP contribution in [0.3, 0.4) is 0 Å². The first-order chi connectivity index (χ1) is 7.48. The van der Waals surface area contributed by atoms with Crippen LogP contribution in [0.4, 0.5) is 0 Å². The topological polar surface area (TPSA) is 3.24 Å². The van der Waals surface area contributed by atoms with Gasteiger partial charge in [0.2, 0.25) is 0 Å². The van der Waals surface area contributed by atoms with Crippen molar-refractivity contribution in [1.29, 1.82) is 0 Å². The lowest BCUT2D eigenvalue weighted by molar-refractivity contribution is 0.121. The monoisotopic (exact) mass is 217 g/mol. The lowest BCUT2D eigenvalue weighted by atomic mass is 9.98. The van der Waals surface area contributed by atoms with E-state index in [0.29, 0.717) is 6.04 Å². The predicted octanol–water partition coefficient (Wildman–Crippen LogP) is 3.93. The first-order valence-electron chi connectivity index (χ1n) is 6.32. The maximum absolute atomic E-state index is 2.64. The van der Waals surface area contributed by atoms with E-state index in [0.717, 1.165) is 0 Å². The highest BCUT2D eigenvalue weighted by Gasteiger charge is 2.33. The second-order valence-electron chi connectivity index (χ2n) is 5.93. The third-order valence-corrected chi connectivity index (χ3v) is 3.58. The van der Waals surface area contributed by atoms with Crippen molar-refractivity contribution in [3.8, 4) is 0 Å². The predicted molar refractivity (Wildman–Crippen MR) is 69.6 cm³/mol. The van der Waals surface area contributed by atoms with Crippen LogP contribution in [0.1, 0.15) is 50.8 Å². The Morgan fingerprint density at radius 2 is 1.75 bits per heavy atom. The van der Waals surface area contributed by atoms with Crippen molar-refractivity contribution in [2.24, 2.45) is 0 Å². The number of nitrogens with zero attached hydrogens (tertiary/aromatic N) is 1. The normalized spacial score (nSPS) is 22.6. The van der Waals surface area contributed by atoms with E-state index < -0.39 is 0 Å². The minimum Gasteiger partial charge on any atom is -0.291 e. The van der Waals surface area contributed by atoms with E-state index >= 15 is 0 Å². The van der Waals surface area contributed by atoms with Crippen LogP contribution >= 0.6 is 0 Å². The Hall–Kier alpha value is -0.820. The molecule has 0 spiro atoms. The van der Waals surface area contributed by atoms with Crippen molar-refractivity contribution in [1.82, 2.24) is 4.90 Å².